The lowest BCUT2D eigenvalue weighted by Crippen LogP contribution is -2.19. The Morgan fingerprint density at radius 2 is 1.74 bits per heavy atom. The molecular weight excluding hydrogens is 252 g/mol. The van der Waals surface area contributed by atoms with Gasteiger partial charge in [0.2, 0.25) is 0 Å². The Kier molecular flexibility index (Phi) is 2.53. The van der Waals surface area contributed by atoms with E-state index in [4.69, 9.17) is 11.6 Å². The molecule has 0 fully saturated rings. The molecule has 0 radical (unpaired) electrons. The Balaban J connectivity index is 2.21. The summed E-state index contributed by atoms with van der Waals surface area (Å²) in [6, 6.07) is 10.8. The van der Waals surface area contributed by atoms with Gasteiger partial charge in [-0.15, -0.1) is 0 Å². The first-order chi connectivity index (χ1) is 9.33. The van der Waals surface area contributed by atoms with Crippen molar-refractivity contribution in [3.05, 3.63) is 67.4 Å². The average Bonchev–Trinajstić information content (AvgIpc) is 2.46. The van der Waals surface area contributed by atoms with Gasteiger partial charge in [0.25, 0.3) is 0 Å². The van der Waals surface area contributed by atoms with Gasteiger partial charge in [-0.2, -0.15) is 0 Å². The lowest BCUT2D eigenvalue weighted by Gasteiger charge is -2.16. The molecule has 0 nitrogen and oxygen atoms in total. The van der Waals surface area contributed by atoms with Crippen LogP contribution >= 0.6 is 11.6 Å². The van der Waals surface area contributed by atoms with E-state index < -0.39 is 0 Å². The van der Waals surface area contributed by atoms with Crippen molar-refractivity contribution in [3.63, 3.8) is 0 Å². The number of fused-ring (bicyclic) bond motifs is 4. The summed E-state index contributed by atoms with van der Waals surface area (Å²) in [5.74, 6) is 0. The molecule has 2 aromatic rings. The predicted molar refractivity (Wildman–Crippen MR) is 80.4 cm³/mol. The fraction of sp³-hybridized carbons (Fsp3) is 0.222. The number of rotatable bonds is 0. The Morgan fingerprint density at radius 1 is 0.842 bits per heavy atom. The monoisotopic (exact) mass is 266 g/mol. The Bertz CT molecular complexity index is 875. The van der Waals surface area contributed by atoms with E-state index >= 15 is 0 Å². The van der Waals surface area contributed by atoms with Crippen molar-refractivity contribution in [2.75, 3.05) is 0 Å². The van der Waals surface area contributed by atoms with E-state index in [9.17, 15) is 0 Å². The first-order valence-corrected chi connectivity index (χ1v) is 7.32. The number of hydrogen-bond acceptors (Lipinski definition) is 0. The predicted octanol–water partition coefficient (Wildman–Crippen LogP) is 3.08. The highest BCUT2D eigenvalue weighted by molar-refractivity contribution is 6.30. The van der Waals surface area contributed by atoms with E-state index in [1.54, 1.807) is 5.56 Å². The molecule has 0 unspecified atom stereocenters. The maximum absolute atomic E-state index is 6.09. The summed E-state index contributed by atoms with van der Waals surface area (Å²) in [5.41, 5.74) is 3.10. The Hall–Kier alpha value is -1.53. The van der Waals surface area contributed by atoms with Crippen molar-refractivity contribution in [1.29, 1.82) is 0 Å². The highest BCUT2D eigenvalue weighted by Gasteiger charge is 2.11. The van der Waals surface area contributed by atoms with Gasteiger partial charge >= 0.3 is 0 Å². The van der Waals surface area contributed by atoms with Crippen LogP contribution in [0.25, 0.3) is 12.2 Å². The quantitative estimate of drug-likeness (QED) is 0.688. The molecule has 0 N–H and O–H groups in total. The smallest absolute Gasteiger partial charge is 0.0412 e. The fourth-order valence-electron chi connectivity index (χ4n) is 3.38. The first kappa shape index (κ1) is 11.3. The molecule has 4 rings (SSSR count). The molecule has 19 heavy (non-hydrogen) atoms. The maximum Gasteiger partial charge on any atom is 0.0412 e. The summed E-state index contributed by atoms with van der Waals surface area (Å²) >= 11 is 6.09. The van der Waals surface area contributed by atoms with Crippen LogP contribution in [0.2, 0.25) is 5.02 Å². The van der Waals surface area contributed by atoms with Crippen LogP contribution in [-0.4, -0.2) is 0 Å². The lowest BCUT2D eigenvalue weighted by molar-refractivity contribution is 0.824. The molecule has 0 bridgehead atoms. The minimum Gasteiger partial charge on any atom is -0.0843 e. The van der Waals surface area contributed by atoms with Gasteiger partial charge in [-0.25, -0.2) is 0 Å². The van der Waals surface area contributed by atoms with Crippen LogP contribution in [0.5, 0.6) is 0 Å². The van der Waals surface area contributed by atoms with Crippen molar-refractivity contribution in [2.24, 2.45) is 0 Å². The van der Waals surface area contributed by atoms with E-state index in [1.807, 2.05) is 6.07 Å². The van der Waals surface area contributed by atoms with Crippen LogP contribution in [0.4, 0.5) is 0 Å². The minimum atomic E-state index is 0.824. The second-order valence-corrected chi connectivity index (χ2v) is 5.83. The van der Waals surface area contributed by atoms with Crippen molar-refractivity contribution in [3.8, 4) is 0 Å². The second-order valence-electron chi connectivity index (χ2n) is 5.40. The van der Waals surface area contributed by atoms with Gasteiger partial charge in [0.05, 0.1) is 0 Å². The molecule has 1 heteroatoms. The molecule has 2 aromatic carbocycles. The lowest BCUT2D eigenvalue weighted by atomic mass is 9.89. The van der Waals surface area contributed by atoms with Crippen molar-refractivity contribution >= 4 is 23.8 Å². The normalized spacial score (nSPS) is 15.6. The van der Waals surface area contributed by atoms with E-state index in [-0.39, 0.29) is 0 Å². The van der Waals surface area contributed by atoms with Gasteiger partial charge in [0.15, 0.2) is 0 Å². The molecule has 2 aliphatic carbocycles. The van der Waals surface area contributed by atoms with E-state index in [1.165, 1.54) is 45.7 Å². The Labute approximate surface area is 117 Å². The maximum atomic E-state index is 6.09. The fourth-order valence-corrected chi connectivity index (χ4v) is 3.56. The molecule has 2 aliphatic rings. The van der Waals surface area contributed by atoms with Crippen molar-refractivity contribution in [1.82, 2.24) is 0 Å². The van der Waals surface area contributed by atoms with E-state index in [0.717, 1.165) is 11.4 Å². The van der Waals surface area contributed by atoms with Crippen molar-refractivity contribution < 1.29 is 0 Å². The summed E-state index contributed by atoms with van der Waals surface area (Å²) in [4.78, 5) is 0. The standard InChI is InChI=1S/C18H15Cl/c19-14-7-10-16-13(11-14)6-9-17-15-4-2-1-3-12(15)5-8-18(16)17/h3,5-8,10-11H,1-2,4,9H2. The Morgan fingerprint density at radius 3 is 2.68 bits per heavy atom. The first-order valence-electron chi connectivity index (χ1n) is 6.94. The molecule has 0 atom stereocenters. The molecule has 0 saturated carbocycles. The van der Waals surface area contributed by atoms with E-state index in [0.29, 0.717) is 0 Å². The highest BCUT2D eigenvalue weighted by Crippen LogP contribution is 2.18. The zero-order valence-electron chi connectivity index (χ0n) is 10.7. The molecule has 0 heterocycles. The van der Waals surface area contributed by atoms with Gasteiger partial charge in [-0.3, -0.25) is 0 Å². The molecule has 0 aromatic heterocycles. The molecule has 0 saturated heterocycles. The van der Waals surface area contributed by atoms with Gasteiger partial charge in [0.1, 0.15) is 0 Å². The van der Waals surface area contributed by atoms with Gasteiger partial charge < -0.3 is 0 Å². The molecule has 94 valence electrons. The van der Waals surface area contributed by atoms with Crippen LogP contribution < -0.4 is 10.4 Å². The topological polar surface area (TPSA) is 0 Å². The van der Waals surface area contributed by atoms with Crippen LogP contribution in [0.3, 0.4) is 0 Å². The van der Waals surface area contributed by atoms with Crippen LogP contribution in [0.15, 0.2) is 30.3 Å². The van der Waals surface area contributed by atoms with Gasteiger partial charge in [-0.1, -0.05) is 42.0 Å². The molecule has 0 spiro atoms. The summed E-state index contributed by atoms with van der Waals surface area (Å²) in [6.07, 6.45) is 9.49. The van der Waals surface area contributed by atoms with Gasteiger partial charge in [-0.05, 0) is 69.8 Å². The zero-order valence-corrected chi connectivity index (χ0v) is 11.5. The van der Waals surface area contributed by atoms with Crippen molar-refractivity contribution in [2.45, 2.75) is 25.7 Å². The van der Waals surface area contributed by atoms with Gasteiger partial charge in [0, 0.05) is 5.02 Å². The third kappa shape index (κ3) is 1.74. The summed E-state index contributed by atoms with van der Waals surface area (Å²) in [6.45, 7) is 0. The highest BCUT2D eigenvalue weighted by atomic mass is 35.5. The average molecular weight is 267 g/mol. The largest absolute Gasteiger partial charge is 0.0843 e. The zero-order chi connectivity index (χ0) is 12.8. The number of halogens is 1. The second kappa shape index (κ2) is 4.25. The summed E-state index contributed by atoms with van der Waals surface area (Å²) in [5, 5.41) is 6.29. The third-order valence-electron chi connectivity index (χ3n) is 4.29. The van der Waals surface area contributed by atoms with Crippen LogP contribution in [0.1, 0.15) is 24.0 Å². The molecule has 0 aliphatic heterocycles. The molecule has 0 amide bonds. The summed E-state index contributed by atoms with van der Waals surface area (Å²) < 4.78 is 0. The SMILES string of the molecule is Clc1ccc2c(c1)=CCc1c3c(ccc1=2)=CCCC3. The third-order valence-corrected chi connectivity index (χ3v) is 4.53. The number of benzene rings is 2. The number of hydrogen-bond donors (Lipinski definition) is 0. The minimum absolute atomic E-state index is 0.824. The van der Waals surface area contributed by atoms with E-state index in [2.05, 4.69) is 36.4 Å². The summed E-state index contributed by atoms with van der Waals surface area (Å²) in [7, 11) is 0. The van der Waals surface area contributed by atoms with Crippen LogP contribution in [0, 0.1) is 10.4 Å². The molecular formula is C18H15Cl. The van der Waals surface area contributed by atoms with Crippen LogP contribution in [-0.2, 0) is 12.8 Å².